The summed E-state index contributed by atoms with van der Waals surface area (Å²) < 4.78 is 0. The van der Waals surface area contributed by atoms with Crippen LogP contribution in [0.1, 0.15) is 11.1 Å². The van der Waals surface area contributed by atoms with Crippen LogP contribution in [0.4, 0.5) is 21.9 Å². The van der Waals surface area contributed by atoms with Gasteiger partial charge in [-0.05, 0) is 66.1 Å². The molecule has 1 aliphatic rings. The maximum atomic E-state index is 13.3. The van der Waals surface area contributed by atoms with E-state index in [1.807, 2.05) is 84.9 Å². The zero-order valence-electron chi connectivity index (χ0n) is 16.2. The van der Waals surface area contributed by atoms with Crippen molar-refractivity contribution in [1.29, 1.82) is 0 Å². The van der Waals surface area contributed by atoms with Crippen LogP contribution in [0.5, 0.6) is 0 Å². The first kappa shape index (κ1) is 18.5. The second-order valence-electron chi connectivity index (χ2n) is 7.03. The standard InChI is InChI=1S/C25H19N3OS/c29-25(27-20-11-9-18(10-12-20)17-19-13-15-26-16-14-19)28-21-5-1-3-7-23(21)30-24-8-4-2-6-22(24)28/h1-16H,17H2,(H,27,29). The van der Waals surface area contributed by atoms with Gasteiger partial charge in [0.15, 0.2) is 0 Å². The van der Waals surface area contributed by atoms with Gasteiger partial charge in [0, 0.05) is 27.9 Å². The number of carbonyl (C=O) groups is 1. The average molecular weight is 410 g/mol. The Morgan fingerprint density at radius 3 is 1.97 bits per heavy atom. The number of rotatable bonds is 3. The Bertz CT molecular complexity index is 1150. The number of nitrogens with zero attached hydrogens (tertiary/aromatic N) is 2. The molecule has 1 aliphatic heterocycles. The molecule has 2 heterocycles. The maximum Gasteiger partial charge on any atom is 0.331 e. The predicted octanol–water partition coefficient (Wildman–Crippen LogP) is 6.51. The van der Waals surface area contributed by atoms with Crippen LogP contribution in [0.2, 0.25) is 0 Å². The molecule has 0 atom stereocenters. The minimum atomic E-state index is -0.169. The van der Waals surface area contributed by atoms with E-state index in [0.717, 1.165) is 33.3 Å². The Hall–Kier alpha value is -3.57. The van der Waals surface area contributed by atoms with Crippen LogP contribution in [-0.2, 0) is 6.42 Å². The largest absolute Gasteiger partial charge is 0.331 e. The summed E-state index contributed by atoms with van der Waals surface area (Å²) >= 11 is 1.69. The molecule has 4 nitrogen and oxygen atoms in total. The summed E-state index contributed by atoms with van der Waals surface area (Å²) in [5.41, 5.74) is 4.96. The van der Waals surface area contributed by atoms with Crippen LogP contribution in [-0.4, -0.2) is 11.0 Å². The van der Waals surface area contributed by atoms with Crippen LogP contribution in [0.25, 0.3) is 0 Å². The zero-order valence-corrected chi connectivity index (χ0v) is 17.0. The van der Waals surface area contributed by atoms with Crippen LogP contribution in [0, 0.1) is 0 Å². The fourth-order valence-electron chi connectivity index (χ4n) is 3.55. The third kappa shape index (κ3) is 3.67. The molecule has 5 rings (SSSR count). The highest BCUT2D eigenvalue weighted by atomic mass is 32.2. The molecule has 4 aromatic rings. The minimum absolute atomic E-state index is 0.169. The topological polar surface area (TPSA) is 45.2 Å². The monoisotopic (exact) mass is 409 g/mol. The first-order valence-electron chi connectivity index (χ1n) is 9.73. The maximum absolute atomic E-state index is 13.3. The highest BCUT2D eigenvalue weighted by Crippen LogP contribution is 2.47. The number of urea groups is 1. The van der Waals surface area contributed by atoms with Crippen LogP contribution < -0.4 is 10.2 Å². The van der Waals surface area contributed by atoms with Crippen molar-refractivity contribution in [1.82, 2.24) is 4.98 Å². The third-order valence-electron chi connectivity index (χ3n) is 5.00. The van der Waals surface area contributed by atoms with E-state index in [1.54, 1.807) is 29.1 Å². The molecule has 1 aromatic heterocycles. The van der Waals surface area contributed by atoms with Gasteiger partial charge in [-0.25, -0.2) is 4.79 Å². The molecule has 0 radical (unpaired) electrons. The van der Waals surface area contributed by atoms with Gasteiger partial charge in [0.1, 0.15) is 0 Å². The van der Waals surface area contributed by atoms with Gasteiger partial charge in [-0.1, -0.05) is 48.2 Å². The second kappa shape index (κ2) is 8.05. The van der Waals surface area contributed by atoms with E-state index in [1.165, 1.54) is 11.1 Å². The van der Waals surface area contributed by atoms with Crippen LogP contribution in [0.3, 0.4) is 0 Å². The van der Waals surface area contributed by atoms with Gasteiger partial charge >= 0.3 is 6.03 Å². The molecule has 0 unspecified atom stereocenters. The third-order valence-corrected chi connectivity index (χ3v) is 6.13. The zero-order chi connectivity index (χ0) is 20.3. The van der Waals surface area contributed by atoms with Gasteiger partial charge in [0.05, 0.1) is 11.4 Å². The van der Waals surface area contributed by atoms with Gasteiger partial charge in [-0.2, -0.15) is 0 Å². The van der Waals surface area contributed by atoms with Crippen molar-refractivity contribution in [3.8, 4) is 0 Å². The molecule has 5 heteroatoms. The summed E-state index contributed by atoms with van der Waals surface area (Å²) in [5, 5.41) is 3.05. The molecular weight excluding hydrogens is 390 g/mol. The van der Waals surface area contributed by atoms with Crippen molar-refractivity contribution in [2.24, 2.45) is 0 Å². The number of fused-ring (bicyclic) bond motifs is 2. The summed E-state index contributed by atoms with van der Waals surface area (Å²) in [6.45, 7) is 0. The van der Waals surface area contributed by atoms with E-state index in [2.05, 4.69) is 10.3 Å². The molecule has 0 aliphatic carbocycles. The molecule has 0 fully saturated rings. The average Bonchev–Trinajstić information content (AvgIpc) is 2.79. The first-order valence-corrected chi connectivity index (χ1v) is 10.5. The van der Waals surface area contributed by atoms with Gasteiger partial charge < -0.3 is 5.32 Å². The fraction of sp³-hybridized carbons (Fsp3) is 0.0400. The number of nitrogens with one attached hydrogen (secondary N) is 1. The van der Waals surface area contributed by atoms with E-state index >= 15 is 0 Å². The van der Waals surface area contributed by atoms with E-state index < -0.39 is 0 Å². The Balaban J connectivity index is 1.38. The molecule has 0 bridgehead atoms. The lowest BCUT2D eigenvalue weighted by molar-refractivity contribution is 0.259. The minimum Gasteiger partial charge on any atom is -0.307 e. The number of amides is 2. The van der Waals surface area contributed by atoms with Crippen molar-refractivity contribution in [2.75, 3.05) is 10.2 Å². The van der Waals surface area contributed by atoms with Crippen molar-refractivity contribution < 1.29 is 4.79 Å². The lowest BCUT2D eigenvalue weighted by Gasteiger charge is -2.31. The number of anilines is 3. The summed E-state index contributed by atoms with van der Waals surface area (Å²) in [5.74, 6) is 0. The molecule has 30 heavy (non-hydrogen) atoms. The van der Waals surface area contributed by atoms with E-state index in [9.17, 15) is 4.79 Å². The Labute approximate surface area is 179 Å². The number of hydrogen-bond acceptors (Lipinski definition) is 3. The summed E-state index contributed by atoms with van der Waals surface area (Å²) in [7, 11) is 0. The van der Waals surface area contributed by atoms with E-state index in [0.29, 0.717) is 0 Å². The lowest BCUT2D eigenvalue weighted by atomic mass is 10.1. The van der Waals surface area contributed by atoms with Gasteiger partial charge in [-0.3, -0.25) is 9.88 Å². The lowest BCUT2D eigenvalue weighted by Crippen LogP contribution is -2.32. The molecule has 2 amide bonds. The van der Waals surface area contributed by atoms with E-state index in [-0.39, 0.29) is 6.03 Å². The van der Waals surface area contributed by atoms with Crippen molar-refractivity contribution in [3.05, 3.63) is 108 Å². The van der Waals surface area contributed by atoms with Gasteiger partial charge in [-0.15, -0.1) is 0 Å². The van der Waals surface area contributed by atoms with E-state index in [4.69, 9.17) is 0 Å². The Morgan fingerprint density at radius 2 is 1.33 bits per heavy atom. The normalized spacial score (nSPS) is 12.1. The molecular formula is C25H19N3OS. The number of hydrogen-bond donors (Lipinski definition) is 1. The van der Waals surface area contributed by atoms with Crippen molar-refractivity contribution >= 4 is 34.9 Å². The molecule has 0 saturated carbocycles. The molecule has 146 valence electrons. The second-order valence-corrected chi connectivity index (χ2v) is 8.12. The molecule has 3 aromatic carbocycles. The Kier molecular flexibility index (Phi) is 4.95. The molecule has 1 N–H and O–H groups in total. The van der Waals surface area contributed by atoms with Crippen molar-refractivity contribution in [2.45, 2.75) is 16.2 Å². The van der Waals surface area contributed by atoms with Gasteiger partial charge in [0.25, 0.3) is 0 Å². The predicted molar refractivity (Wildman–Crippen MR) is 122 cm³/mol. The first-order chi connectivity index (χ1) is 14.8. The number of pyridine rings is 1. The SMILES string of the molecule is O=C(Nc1ccc(Cc2ccncc2)cc1)N1c2ccccc2Sc2ccccc21. The number of benzene rings is 3. The quantitative estimate of drug-likeness (QED) is 0.420. The van der Waals surface area contributed by atoms with Crippen LogP contribution in [0.15, 0.2) is 107 Å². The van der Waals surface area contributed by atoms with Gasteiger partial charge in [0.2, 0.25) is 0 Å². The number of para-hydroxylation sites is 2. The van der Waals surface area contributed by atoms with Crippen LogP contribution >= 0.6 is 11.8 Å². The fourth-order valence-corrected chi connectivity index (χ4v) is 4.60. The highest BCUT2D eigenvalue weighted by Gasteiger charge is 2.27. The molecule has 0 saturated heterocycles. The number of aromatic nitrogens is 1. The Morgan fingerprint density at radius 1 is 0.767 bits per heavy atom. The smallest absolute Gasteiger partial charge is 0.307 e. The highest BCUT2D eigenvalue weighted by molar-refractivity contribution is 7.99. The number of carbonyl (C=O) groups excluding carboxylic acids is 1. The molecule has 0 spiro atoms. The van der Waals surface area contributed by atoms with Crippen molar-refractivity contribution in [3.63, 3.8) is 0 Å². The summed E-state index contributed by atoms with van der Waals surface area (Å²) in [6, 6.07) is 27.8. The summed E-state index contributed by atoms with van der Waals surface area (Å²) in [6.07, 6.45) is 4.44. The summed E-state index contributed by atoms with van der Waals surface area (Å²) in [4.78, 5) is 21.2.